The molecule has 0 bridgehead atoms. The van der Waals surface area contributed by atoms with E-state index in [1.54, 1.807) is 0 Å². The fraction of sp³-hybridized carbons (Fsp3) is 1.00. The molecular formula is C20H39N. The Hall–Kier alpha value is -0.0400. The minimum Gasteiger partial charge on any atom is -0.317 e. The van der Waals surface area contributed by atoms with Crippen molar-refractivity contribution in [1.29, 1.82) is 0 Å². The Kier molecular flexibility index (Phi) is 8.14. The van der Waals surface area contributed by atoms with Crippen molar-refractivity contribution >= 4 is 0 Å². The summed E-state index contributed by atoms with van der Waals surface area (Å²) in [7, 11) is 0. The van der Waals surface area contributed by atoms with Gasteiger partial charge in [-0.05, 0) is 75.3 Å². The van der Waals surface area contributed by atoms with Crippen LogP contribution in [0.3, 0.4) is 0 Å². The second-order valence-corrected chi connectivity index (χ2v) is 7.94. The maximum Gasteiger partial charge on any atom is -0.00488 e. The molecule has 0 aromatic rings. The normalized spacial score (nSPS) is 22.6. The molecular weight excluding hydrogens is 254 g/mol. The summed E-state index contributed by atoms with van der Waals surface area (Å²) in [5.74, 6) is 4.19. The molecule has 0 aromatic carbocycles. The molecule has 2 aliphatic carbocycles. The van der Waals surface area contributed by atoms with Crippen LogP contribution in [0.1, 0.15) is 90.9 Å². The van der Waals surface area contributed by atoms with E-state index >= 15 is 0 Å². The number of rotatable bonds is 12. The summed E-state index contributed by atoms with van der Waals surface area (Å²) in [6, 6.07) is 0. The van der Waals surface area contributed by atoms with Gasteiger partial charge in [-0.3, -0.25) is 0 Å². The molecule has 21 heavy (non-hydrogen) atoms. The van der Waals surface area contributed by atoms with Crippen molar-refractivity contribution in [3.8, 4) is 0 Å². The molecule has 2 unspecified atom stereocenters. The standard InChI is InChI=1S/C20H39N/c1-3-8-19(20-10-4-5-11-20)12-7-16-21-15-6-9-17(2)18-13-14-18/h17-21H,3-16H2,1-2H3. The predicted molar refractivity (Wildman–Crippen MR) is 93.6 cm³/mol. The molecule has 2 fully saturated rings. The molecule has 2 aliphatic rings. The van der Waals surface area contributed by atoms with Crippen LogP contribution in [-0.4, -0.2) is 13.1 Å². The van der Waals surface area contributed by atoms with E-state index in [2.05, 4.69) is 19.2 Å². The zero-order valence-electron chi connectivity index (χ0n) is 14.7. The van der Waals surface area contributed by atoms with E-state index < -0.39 is 0 Å². The van der Waals surface area contributed by atoms with Crippen LogP contribution in [0.15, 0.2) is 0 Å². The highest BCUT2D eigenvalue weighted by molar-refractivity contribution is 4.78. The van der Waals surface area contributed by atoms with Crippen LogP contribution in [0.2, 0.25) is 0 Å². The molecule has 124 valence electrons. The highest BCUT2D eigenvalue weighted by Crippen LogP contribution is 2.38. The number of hydrogen-bond acceptors (Lipinski definition) is 1. The fourth-order valence-electron chi connectivity index (χ4n) is 4.48. The minimum atomic E-state index is 0.989. The summed E-state index contributed by atoms with van der Waals surface area (Å²) >= 11 is 0. The second-order valence-electron chi connectivity index (χ2n) is 7.94. The summed E-state index contributed by atoms with van der Waals surface area (Å²) < 4.78 is 0. The zero-order valence-corrected chi connectivity index (χ0v) is 14.7. The summed E-state index contributed by atoms with van der Waals surface area (Å²) in [4.78, 5) is 0. The Balaban J connectivity index is 1.45. The van der Waals surface area contributed by atoms with E-state index in [4.69, 9.17) is 0 Å². The van der Waals surface area contributed by atoms with Crippen LogP contribution in [0.5, 0.6) is 0 Å². The van der Waals surface area contributed by atoms with Gasteiger partial charge in [0.15, 0.2) is 0 Å². The Bertz CT molecular complexity index is 253. The average Bonchev–Trinajstić information content (AvgIpc) is 3.20. The highest BCUT2D eigenvalue weighted by Gasteiger charge is 2.27. The van der Waals surface area contributed by atoms with Crippen LogP contribution in [0.4, 0.5) is 0 Å². The molecule has 1 heteroatoms. The van der Waals surface area contributed by atoms with Crippen molar-refractivity contribution in [3.63, 3.8) is 0 Å². The van der Waals surface area contributed by atoms with Gasteiger partial charge in [-0.25, -0.2) is 0 Å². The van der Waals surface area contributed by atoms with Gasteiger partial charge >= 0.3 is 0 Å². The largest absolute Gasteiger partial charge is 0.317 e. The third kappa shape index (κ3) is 6.72. The van der Waals surface area contributed by atoms with Gasteiger partial charge in [0.25, 0.3) is 0 Å². The average molecular weight is 294 g/mol. The van der Waals surface area contributed by atoms with Gasteiger partial charge < -0.3 is 5.32 Å². The van der Waals surface area contributed by atoms with Crippen LogP contribution in [-0.2, 0) is 0 Å². The van der Waals surface area contributed by atoms with Crippen LogP contribution in [0, 0.1) is 23.7 Å². The molecule has 2 atom stereocenters. The lowest BCUT2D eigenvalue weighted by molar-refractivity contribution is 0.289. The summed E-state index contributed by atoms with van der Waals surface area (Å²) in [5, 5.41) is 3.69. The Morgan fingerprint density at radius 2 is 1.52 bits per heavy atom. The molecule has 0 amide bonds. The molecule has 0 saturated heterocycles. The van der Waals surface area contributed by atoms with Gasteiger partial charge in [-0.15, -0.1) is 0 Å². The van der Waals surface area contributed by atoms with Gasteiger partial charge in [0.05, 0.1) is 0 Å². The minimum absolute atomic E-state index is 0.989. The van der Waals surface area contributed by atoms with E-state index in [1.807, 2.05) is 0 Å². The fourth-order valence-corrected chi connectivity index (χ4v) is 4.48. The zero-order chi connectivity index (χ0) is 14.9. The molecule has 0 spiro atoms. The van der Waals surface area contributed by atoms with Gasteiger partial charge in [0.1, 0.15) is 0 Å². The van der Waals surface area contributed by atoms with Crippen LogP contribution in [0.25, 0.3) is 0 Å². The van der Waals surface area contributed by atoms with E-state index in [0.717, 1.165) is 23.7 Å². The lowest BCUT2D eigenvalue weighted by Crippen LogP contribution is -2.20. The topological polar surface area (TPSA) is 12.0 Å². The molecule has 1 nitrogen and oxygen atoms in total. The molecule has 2 saturated carbocycles. The molecule has 0 aliphatic heterocycles. The van der Waals surface area contributed by atoms with Crippen molar-refractivity contribution in [1.82, 2.24) is 5.32 Å². The molecule has 2 rings (SSSR count). The third-order valence-corrected chi connectivity index (χ3v) is 6.09. The molecule has 1 N–H and O–H groups in total. The van der Waals surface area contributed by atoms with Crippen molar-refractivity contribution in [3.05, 3.63) is 0 Å². The predicted octanol–water partition coefficient (Wildman–Crippen LogP) is 5.79. The van der Waals surface area contributed by atoms with E-state index in [-0.39, 0.29) is 0 Å². The maximum absolute atomic E-state index is 3.69. The van der Waals surface area contributed by atoms with Crippen molar-refractivity contribution < 1.29 is 0 Å². The highest BCUT2D eigenvalue weighted by atomic mass is 14.8. The number of nitrogens with one attached hydrogen (secondary N) is 1. The quantitative estimate of drug-likeness (QED) is 0.449. The first-order chi connectivity index (χ1) is 10.3. The summed E-state index contributed by atoms with van der Waals surface area (Å²) in [5.41, 5.74) is 0. The molecule has 0 aromatic heterocycles. The van der Waals surface area contributed by atoms with Gasteiger partial charge in [0, 0.05) is 0 Å². The maximum atomic E-state index is 3.69. The van der Waals surface area contributed by atoms with E-state index in [0.29, 0.717) is 0 Å². The Morgan fingerprint density at radius 1 is 0.857 bits per heavy atom. The second kappa shape index (κ2) is 9.87. The number of hydrogen-bond donors (Lipinski definition) is 1. The first-order valence-corrected chi connectivity index (χ1v) is 10.0. The monoisotopic (exact) mass is 293 g/mol. The Labute approximate surface area is 133 Å². The third-order valence-electron chi connectivity index (χ3n) is 6.09. The van der Waals surface area contributed by atoms with Gasteiger partial charge in [-0.2, -0.15) is 0 Å². The van der Waals surface area contributed by atoms with Gasteiger partial charge in [0.2, 0.25) is 0 Å². The Morgan fingerprint density at radius 3 is 2.14 bits per heavy atom. The molecule has 0 heterocycles. The first kappa shape index (κ1) is 17.3. The lowest BCUT2D eigenvalue weighted by atomic mass is 9.84. The molecule has 0 radical (unpaired) electrons. The van der Waals surface area contributed by atoms with Crippen LogP contribution < -0.4 is 5.32 Å². The van der Waals surface area contributed by atoms with Crippen LogP contribution >= 0.6 is 0 Å². The van der Waals surface area contributed by atoms with Crippen molar-refractivity contribution in [2.24, 2.45) is 23.7 Å². The summed E-state index contributed by atoms with van der Waals surface area (Å²) in [6.07, 6.45) is 17.6. The van der Waals surface area contributed by atoms with Crippen molar-refractivity contribution in [2.45, 2.75) is 90.9 Å². The SMILES string of the molecule is CCCC(CCCNCCCC(C)C1CC1)C1CCCC1. The van der Waals surface area contributed by atoms with Gasteiger partial charge in [-0.1, -0.05) is 52.4 Å². The van der Waals surface area contributed by atoms with E-state index in [1.165, 1.54) is 90.1 Å². The van der Waals surface area contributed by atoms with Crippen molar-refractivity contribution in [2.75, 3.05) is 13.1 Å². The smallest absolute Gasteiger partial charge is 0.00488 e. The summed E-state index contributed by atoms with van der Waals surface area (Å²) in [6.45, 7) is 7.32. The first-order valence-electron chi connectivity index (χ1n) is 10.0. The van der Waals surface area contributed by atoms with E-state index in [9.17, 15) is 0 Å². The lowest BCUT2D eigenvalue weighted by Gasteiger charge is -2.23.